The van der Waals surface area contributed by atoms with E-state index in [0.29, 0.717) is 17.1 Å². The number of hydrogen-bond acceptors (Lipinski definition) is 4. The van der Waals surface area contributed by atoms with Crippen molar-refractivity contribution in [1.82, 2.24) is 5.32 Å². The molecule has 0 unspecified atom stereocenters. The van der Waals surface area contributed by atoms with Crippen molar-refractivity contribution in [2.45, 2.75) is 13.8 Å². The van der Waals surface area contributed by atoms with E-state index in [9.17, 15) is 4.79 Å². The third-order valence-electron chi connectivity index (χ3n) is 3.57. The molecular weight excluding hydrogens is 451 g/mol. The van der Waals surface area contributed by atoms with E-state index in [0.717, 1.165) is 16.8 Å². The number of hydrogen-bond donors (Lipinski definition) is 2. The van der Waals surface area contributed by atoms with Gasteiger partial charge in [-0.2, -0.15) is 0 Å². The molecule has 2 N–H and O–H groups in total. The van der Waals surface area contributed by atoms with Gasteiger partial charge in [0.1, 0.15) is 0 Å². The molecule has 0 spiro atoms. The predicted octanol–water partition coefficient (Wildman–Crippen LogP) is 4.05. The fourth-order valence-corrected chi connectivity index (χ4v) is 2.86. The Bertz CT molecular complexity index is 801. The number of thiocarbonyl (C=S) groups is 1. The molecule has 2 rings (SSSR count). The average Bonchev–Trinajstić information content (AvgIpc) is 2.58. The molecule has 0 heterocycles. The SMILES string of the molecule is COc1ccc(C(=O)NC(=S)Nc2cc(C)c(I)c(C)c2)cc1OC. The van der Waals surface area contributed by atoms with Gasteiger partial charge < -0.3 is 14.8 Å². The summed E-state index contributed by atoms with van der Waals surface area (Å²) < 4.78 is 11.6. The summed E-state index contributed by atoms with van der Waals surface area (Å²) >= 11 is 7.55. The fraction of sp³-hybridized carbons (Fsp3) is 0.222. The normalized spacial score (nSPS) is 10.1. The van der Waals surface area contributed by atoms with Crippen LogP contribution in [0, 0.1) is 17.4 Å². The summed E-state index contributed by atoms with van der Waals surface area (Å²) in [6.45, 7) is 4.07. The fourth-order valence-electron chi connectivity index (χ4n) is 2.33. The molecular formula is C18H19IN2O3S. The minimum absolute atomic E-state index is 0.236. The van der Waals surface area contributed by atoms with Crippen LogP contribution in [-0.4, -0.2) is 25.2 Å². The van der Waals surface area contributed by atoms with E-state index >= 15 is 0 Å². The van der Waals surface area contributed by atoms with Gasteiger partial charge in [0.25, 0.3) is 5.91 Å². The van der Waals surface area contributed by atoms with E-state index in [1.807, 2.05) is 26.0 Å². The van der Waals surface area contributed by atoms with Crippen LogP contribution in [0.15, 0.2) is 30.3 Å². The van der Waals surface area contributed by atoms with Gasteiger partial charge in [-0.25, -0.2) is 0 Å². The minimum Gasteiger partial charge on any atom is -0.493 e. The maximum atomic E-state index is 12.4. The second-order valence-electron chi connectivity index (χ2n) is 5.40. The lowest BCUT2D eigenvalue weighted by Crippen LogP contribution is -2.34. The quantitative estimate of drug-likeness (QED) is 0.522. The van der Waals surface area contributed by atoms with Crippen LogP contribution < -0.4 is 20.1 Å². The Morgan fingerprint density at radius 1 is 1.04 bits per heavy atom. The van der Waals surface area contributed by atoms with E-state index < -0.39 is 0 Å². The van der Waals surface area contributed by atoms with Gasteiger partial charge in [-0.1, -0.05) is 0 Å². The van der Waals surface area contributed by atoms with Crippen LogP contribution in [0.2, 0.25) is 0 Å². The highest BCUT2D eigenvalue weighted by Gasteiger charge is 2.12. The topological polar surface area (TPSA) is 59.6 Å². The number of anilines is 1. The molecule has 0 aliphatic carbocycles. The monoisotopic (exact) mass is 470 g/mol. The van der Waals surface area contributed by atoms with Crippen LogP contribution >= 0.6 is 34.8 Å². The van der Waals surface area contributed by atoms with Crippen LogP contribution in [0.25, 0.3) is 0 Å². The number of benzene rings is 2. The number of methoxy groups -OCH3 is 2. The molecule has 132 valence electrons. The summed E-state index contributed by atoms with van der Waals surface area (Å²) in [4.78, 5) is 12.4. The highest BCUT2D eigenvalue weighted by Crippen LogP contribution is 2.27. The Kier molecular flexibility index (Phi) is 6.60. The smallest absolute Gasteiger partial charge is 0.257 e. The van der Waals surface area contributed by atoms with Crippen molar-refractivity contribution in [3.63, 3.8) is 0 Å². The molecule has 0 bridgehead atoms. The zero-order valence-electron chi connectivity index (χ0n) is 14.4. The maximum Gasteiger partial charge on any atom is 0.257 e. The van der Waals surface area contributed by atoms with Gasteiger partial charge in [0.2, 0.25) is 0 Å². The molecule has 1 amide bonds. The summed E-state index contributed by atoms with van der Waals surface area (Å²) in [6, 6.07) is 8.91. The molecule has 5 nitrogen and oxygen atoms in total. The van der Waals surface area contributed by atoms with Gasteiger partial charge in [-0.05, 0) is 90.1 Å². The molecule has 2 aromatic carbocycles. The molecule has 0 aliphatic rings. The number of aryl methyl sites for hydroxylation is 2. The van der Waals surface area contributed by atoms with Crippen molar-refractivity contribution < 1.29 is 14.3 Å². The maximum absolute atomic E-state index is 12.4. The molecule has 0 aromatic heterocycles. The average molecular weight is 470 g/mol. The zero-order chi connectivity index (χ0) is 18.6. The van der Waals surface area contributed by atoms with E-state index in [1.54, 1.807) is 25.3 Å². The summed E-state index contributed by atoms with van der Waals surface area (Å²) in [7, 11) is 3.06. The lowest BCUT2D eigenvalue weighted by Gasteiger charge is -2.13. The molecule has 0 aliphatic heterocycles. The van der Waals surface area contributed by atoms with Crippen LogP contribution in [-0.2, 0) is 0 Å². The van der Waals surface area contributed by atoms with Gasteiger partial charge in [0, 0.05) is 14.8 Å². The number of carbonyl (C=O) groups excluding carboxylic acids is 1. The van der Waals surface area contributed by atoms with Crippen LogP contribution in [0.5, 0.6) is 11.5 Å². The van der Waals surface area contributed by atoms with E-state index in [1.165, 1.54) is 10.7 Å². The van der Waals surface area contributed by atoms with E-state index in [4.69, 9.17) is 21.7 Å². The molecule has 0 saturated carbocycles. The summed E-state index contributed by atoms with van der Waals surface area (Å²) in [5.74, 6) is 0.722. The highest BCUT2D eigenvalue weighted by atomic mass is 127. The number of halogens is 1. The number of rotatable bonds is 4. The lowest BCUT2D eigenvalue weighted by molar-refractivity contribution is 0.0977. The Labute approximate surface area is 166 Å². The molecule has 0 fully saturated rings. The van der Waals surface area contributed by atoms with Gasteiger partial charge in [0.05, 0.1) is 14.2 Å². The molecule has 2 aromatic rings. The first-order valence-electron chi connectivity index (χ1n) is 7.46. The Morgan fingerprint density at radius 2 is 1.64 bits per heavy atom. The first-order chi connectivity index (χ1) is 11.8. The Morgan fingerprint density at radius 3 is 2.20 bits per heavy atom. The molecule has 7 heteroatoms. The van der Waals surface area contributed by atoms with Gasteiger partial charge in [0.15, 0.2) is 16.6 Å². The molecule has 0 saturated heterocycles. The third kappa shape index (κ3) is 4.82. The van der Waals surface area contributed by atoms with Crippen molar-refractivity contribution in [2.75, 3.05) is 19.5 Å². The van der Waals surface area contributed by atoms with Crippen molar-refractivity contribution >= 4 is 51.5 Å². The van der Waals surface area contributed by atoms with Crippen LogP contribution in [0.3, 0.4) is 0 Å². The Hall–Kier alpha value is -1.87. The van der Waals surface area contributed by atoms with Gasteiger partial charge >= 0.3 is 0 Å². The number of carbonyl (C=O) groups is 1. The summed E-state index contributed by atoms with van der Waals surface area (Å²) in [5.41, 5.74) is 3.57. The largest absolute Gasteiger partial charge is 0.493 e. The Balaban J connectivity index is 2.09. The standard InChI is InChI=1S/C18H19IN2O3S/c1-10-7-13(8-11(2)16(10)19)20-18(25)21-17(22)12-5-6-14(23-3)15(9-12)24-4/h5-9H,1-4H3,(H2,20,21,22,25). The number of amides is 1. The van der Waals surface area contributed by atoms with Gasteiger partial charge in [-0.3, -0.25) is 10.1 Å². The summed E-state index contributed by atoms with van der Waals surface area (Å²) in [6.07, 6.45) is 0. The molecule has 0 atom stereocenters. The zero-order valence-corrected chi connectivity index (χ0v) is 17.4. The highest BCUT2D eigenvalue weighted by molar-refractivity contribution is 14.1. The van der Waals surface area contributed by atoms with Crippen molar-refractivity contribution in [1.29, 1.82) is 0 Å². The lowest BCUT2D eigenvalue weighted by atomic mass is 10.1. The second-order valence-corrected chi connectivity index (χ2v) is 6.89. The van der Waals surface area contributed by atoms with Crippen molar-refractivity contribution in [3.8, 4) is 11.5 Å². The minimum atomic E-state index is -0.322. The van der Waals surface area contributed by atoms with Crippen molar-refractivity contribution in [2.24, 2.45) is 0 Å². The van der Waals surface area contributed by atoms with Gasteiger partial charge in [-0.15, -0.1) is 0 Å². The van der Waals surface area contributed by atoms with E-state index in [-0.39, 0.29) is 11.0 Å². The molecule has 0 radical (unpaired) electrons. The van der Waals surface area contributed by atoms with Crippen LogP contribution in [0.4, 0.5) is 5.69 Å². The second kappa shape index (κ2) is 8.48. The first-order valence-corrected chi connectivity index (χ1v) is 8.95. The van der Waals surface area contributed by atoms with Crippen LogP contribution in [0.1, 0.15) is 21.5 Å². The van der Waals surface area contributed by atoms with E-state index in [2.05, 4.69) is 33.2 Å². The molecule has 25 heavy (non-hydrogen) atoms. The predicted molar refractivity (Wildman–Crippen MR) is 112 cm³/mol. The summed E-state index contributed by atoms with van der Waals surface area (Å²) in [5, 5.41) is 5.95. The van der Waals surface area contributed by atoms with Crippen molar-refractivity contribution in [3.05, 3.63) is 50.6 Å². The third-order valence-corrected chi connectivity index (χ3v) is 5.47. The number of nitrogens with one attached hydrogen (secondary N) is 2. The number of ether oxygens (including phenoxy) is 2. The first kappa shape index (κ1) is 19.5.